The van der Waals surface area contributed by atoms with Gasteiger partial charge in [-0.1, -0.05) is 0 Å². The van der Waals surface area contributed by atoms with E-state index in [1.165, 1.54) is 6.42 Å². The van der Waals surface area contributed by atoms with E-state index in [1.807, 2.05) is 6.92 Å². The summed E-state index contributed by atoms with van der Waals surface area (Å²) >= 11 is 3.44. The van der Waals surface area contributed by atoms with E-state index in [4.69, 9.17) is 9.47 Å². The minimum Gasteiger partial charge on any atom is -0.493 e. The lowest BCUT2D eigenvalue weighted by atomic mass is 9.99. The van der Waals surface area contributed by atoms with E-state index in [0.29, 0.717) is 36.1 Å². The number of carbonyl (C=O) groups excluding carboxylic acids is 1. The lowest BCUT2D eigenvalue weighted by Crippen LogP contribution is -2.38. The molecular formula is C16H24BrClN2O3. The molecule has 1 heterocycles. The van der Waals surface area contributed by atoms with Crippen LogP contribution in [0.5, 0.6) is 11.5 Å². The average molecular weight is 408 g/mol. The maximum atomic E-state index is 12.3. The normalized spacial score (nSPS) is 17.1. The third-order valence-corrected chi connectivity index (χ3v) is 4.32. The van der Waals surface area contributed by atoms with E-state index in [2.05, 4.69) is 26.6 Å². The Balaban J connectivity index is 0.00000264. The number of hydrogen-bond donors (Lipinski definition) is 2. The molecule has 1 fully saturated rings. The Bertz CT molecular complexity index is 522. The van der Waals surface area contributed by atoms with Gasteiger partial charge in [-0.25, -0.2) is 0 Å². The third kappa shape index (κ3) is 5.55. The molecule has 1 amide bonds. The molecule has 23 heavy (non-hydrogen) atoms. The zero-order valence-electron chi connectivity index (χ0n) is 13.5. The van der Waals surface area contributed by atoms with Crippen molar-refractivity contribution in [2.24, 2.45) is 5.92 Å². The summed E-state index contributed by atoms with van der Waals surface area (Å²) in [5.41, 5.74) is 0.566. The molecule has 0 spiro atoms. The molecule has 1 unspecified atom stereocenters. The molecule has 0 aromatic heterocycles. The molecule has 1 aromatic rings. The van der Waals surface area contributed by atoms with Crippen LogP contribution in [0.1, 0.15) is 30.1 Å². The standard InChI is InChI=1S/C16H23BrN2O3.ClH/c1-3-22-15-13(17)7-12(8-14(15)21-2)16(20)19-10-11-5-4-6-18-9-11;/h7-8,11,18H,3-6,9-10H2,1-2H3,(H,19,20);1H. The quantitative estimate of drug-likeness (QED) is 0.761. The summed E-state index contributed by atoms with van der Waals surface area (Å²) in [4.78, 5) is 12.3. The van der Waals surface area contributed by atoms with Gasteiger partial charge in [0.05, 0.1) is 18.2 Å². The van der Waals surface area contributed by atoms with Crippen LogP contribution in [0, 0.1) is 5.92 Å². The maximum Gasteiger partial charge on any atom is 0.251 e. The number of benzene rings is 1. The molecule has 1 saturated heterocycles. The fourth-order valence-corrected chi connectivity index (χ4v) is 3.13. The van der Waals surface area contributed by atoms with Gasteiger partial charge in [-0.3, -0.25) is 4.79 Å². The number of ether oxygens (including phenoxy) is 2. The van der Waals surface area contributed by atoms with Crippen molar-refractivity contribution >= 4 is 34.2 Å². The van der Waals surface area contributed by atoms with Gasteiger partial charge in [0.1, 0.15) is 0 Å². The molecule has 1 aromatic carbocycles. The molecule has 7 heteroatoms. The molecule has 1 aliphatic heterocycles. The van der Waals surface area contributed by atoms with Gasteiger partial charge in [0.15, 0.2) is 11.5 Å². The first-order chi connectivity index (χ1) is 10.7. The van der Waals surface area contributed by atoms with Gasteiger partial charge in [0, 0.05) is 12.1 Å². The second-order valence-corrected chi connectivity index (χ2v) is 6.20. The third-order valence-electron chi connectivity index (χ3n) is 3.73. The zero-order valence-corrected chi connectivity index (χ0v) is 15.9. The lowest BCUT2D eigenvalue weighted by Gasteiger charge is -2.23. The van der Waals surface area contributed by atoms with Gasteiger partial charge < -0.3 is 20.1 Å². The Kier molecular flexibility index (Phi) is 8.73. The summed E-state index contributed by atoms with van der Waals surface area (Å²) in [6.45, 7) is 5.18. The maximum absolute atomic E-state index is 12.3. The minimum absolute atomic E-state index is 0. The van der Waals surface area contributed by atoms with Crippen LogP contribution < -0.4 is 20.1 Å². The van der Waals surface area contributed by atoms with E-state index in [1.54, 1.807) is 19.2 Å². The lowest BCUT2D eigenvalue weighted by molar-refractivity contribution is 0.0944. The van der Waals surface area contributed by atoms with E-state index in [0.717, 1.165) is 24.0 Å². The Morgan fingerprint density at radius 1 is 1.48 bits per heavy atom. The first-order valence-corrected chi connectivity index (χ1v) is 8.44. The van der Waals surface area contributed by atoms with Gasteiger partial charge in [-0.2, -0.15) is 0 Å². The summed E-state index contributed by atoms with van der Waals surface area (Å²) in [5.74, 6) is 1.59. The molecule has 130 valence electrons. The van der Waals surface area contributed by atoms with Gasteiger partial charge in [-0.05, 0) is 66.8 Å². The Labute approximate surface area is 152 Å². The number of amides is 1. The molecule has 1 atom stereocenters. The van der Waals surface area contributed by atoms with Crippen molar-refractivity contribution in [2.75, 3.05) is 33.4 Å². The first kappa shape index (κ1) is 20.1. The molecule has 1 aliphatic rings. The second-order valence-electron chi connectivity index (χ2n) is 5.34. The van der Waals surface area contributed by atoms with Crippen molar-refractivity contribution in [3.63, 3.8) is 0 Å². The van der Waals surface area contributed by atoms with E-state index >= 15 is 0 Å². The molecule has 2 N–H and O–H groups in total. The molecule has 0 bridgehead atoms. The average Bonchev–Trinajstić information content (AvgIpc) is 2.55. The molecular weight excluding hydrogens is 384 g/mol. The van der Waals surface area contributed by atoms with Gasteiger partial charge in [-0.15, -0.1) is 12.4 Å². The highest BCUT2D eigenvalue weighted by molar-refractivity contribution is 9.10. The number of rotatable bonds is 6. The molecule has 0 radical (unpaired) electrons. The summed E-state index contributed by atoms with van der Waals surface area (Å²) in [7, 11) is 1.57. The van der Waals surface area contributed by atoms with Crippen molar-refractivity contribution in [2.45, 2.75) is 19.8 Å². The highest BCUT2D eigenvalue weighted by Gasteiger charge is 2.17. The zero-order chi connectivity index (χ0) is 15.9. The summed E-state index contributed by atoms with van der Waals surface area (Å²) < 4.78 is 11.6. The highest BCUT2D eigenvalue weighted by atomic mass is 79.9. The van der Waals surface area contributed by atoms with E-state index in [-0.39, 0.29) is 18.3 Å². The predicted octanol–water partition coefficient (Wildman–Crippen LogP) is 3.01. The number of halogens is 2. The second kappa shape index (κ2) is 10.0. The van der Waals surface area contributed by atoms with Crippen LogP contribution >= 0.6 is 28.3 Å². The van der Waals surface area contributed by atoms with Crippen LogP contribution in [0.2, 0.25) is 0 Å². The molecule has 5 nitrogen and oxygen atoms in total. The Morgan fingerprint density at radius 3 is 2.87 bits per heavy atom. The van der Waals surface area contributed by atoms with Crippen LogP contribution in [0.25, 0.3) is 0 Å². The van der Waals surface area contributed by atoms with Gasteiger partial charge in [0.25, 0.3) is 5.91 Å². The topological polar surface area (TPSA) is 59.6 Å². The monoisotopic (exact) mass is 406 g/mol. The first-order valence-electron chi connectivity index (χ1n) is 7.65. The van der Waals surface area contributed by atoms with Crippen molar-refractivity contribution in [1.29, 1.82) is 0 Å². The van der Waals surface area contributed by atoms with Gasteiger partial charge >= 0.3 is 0 Å². The van der Waals surface area contributed by atoms with Crippen molar-refractivity contribution < 1.29 is 14.3 Å². The number of piperidine rings is 1. The van der Waals surface area contributed by atoms with E-state index < -0.39 is 0 Å². The van der Waals surface area contributed by atoms with Crippen molar-refractivity contribution in [3.05, 3.63) is 22.2 Å². The van der Waals surface area contributed by atoms with Crippen LogP contribution in [-0.4, -0.2) is 39.3 Å². The van der Waals surface area contributed by atoms with Crippen LogP contribution in [0.3, 0.4) is 0 Å². The smallest absolute Gasteiger partial charge is 0.251 e. The number of hydrogen-bond acceptors (Lipinski definition) is 4. The SMILES string of the molecule is CCOc1c(Br)cc(C(=O)NCC2CCCNC2)cc1OC.Cl. The van der Waals surface area contributed by atoms with Crippen LogP contribution in [0.4, 0.5) is 0 Å². The fraction of sp³-hybridized carbons (Fsp3) is 0.562. The van der Waals surface area contributed by atoms with E-state index in [9.17, 15) is 4.79 Å². The molecule has 2 rings (SSSR count). The fourth-order valence-electron chi connectivity index (χ4n) is 2.57. The number of carbonyl (C=O) groups is 1. The molecule has 0 saturated carbocycles. The van der Waals surface area contributed by atoms with Crippen molar-refractivity contribution in [1.82, 2.24) is 10.6 Å². The summed E-state index contributed by atoms with van der Waals surface area (Å²) in [6.07, 6.45) is 2.33. The Morgan fingerprint density at radius 2 is 2.26 bits per heavy atom. The predicted molar refractivity (Wildman–Crippen MR) is 97.0 cm³/mol. The minimum atomic E-state index is -0.0902. The van der Waals surface area contributed by atoms with Crippen LogP contribution in [0.15, 0.2) is 16.6 Å². The Hall–Kier alpha value is -0.980. The number of methoxy groups -OCH3 is 1. The van der Waals surface area contributed by atoms with Crippen LogP contribution in [-0.2, 0) is 0 Å². The molecule has 0 aliphatic carbocycles. The van der Waals surface area contributed by atoms with Gasteiger partial charge in [0.2, 0.25) is 0 Å². The van der Waals surface area contributed by atoms with Crippen molar-refractivity contribution in [3.8, 4) is 11.5 Å². The number of nitrogens with one attached hydrogen (secondary N) is 2. The largest absolute Gasteiger partial charge is 0.493 e. The summed E-state index contributed by atoms with van der Waals surface area (Å²) in [5, 5.41) is 6.35. The highest BCUT2D eigenvalue weighted by Crippen LogP contribution is 2.36. The summed E-state index contributed by atoms with van der Waals surface area (Å²) in [6, 6.07) is 3.48.